The van der Waals surface area contributed by atoms with E-state index in [0.29, 0.717) is 5.92 Å². The van der Waals surface area contributed by atoms with Crippen LogP contribution in [0.3, 0.4) is 0 Å². The Balaban J connectivity index is 2.86. The number of aromatic nitrogens is 1. The Hall–Kier alpha value is -1.13. The molecule has 1 aromatic heterocycles. The van der Waals surface area contributed by atoms with Crippen molar-refractivity contribution in [2.24, 2.45) is 5.92 Å². The third-order valence-electron chi connectivity index (χ3n) is 2.79. The summed E-state index contributed by atoms with van der Waals surface area (Å²) in [6.07, 6.45) is 3.54. The summed E-state index contributed by atoms with van der Waals surface area (Å²) in [7, 11) is 4.15. The van der Waals surface area contributed by atoms with Crippen LogP contribution in [0.1, 0.15) is 19.4 Å². The molecule has 0 amide bonds. The lowest BCUT2D eigenvalue weighted by atomic mass is 10.1. The molecule has 0 aliphatic carbocycles. The standard InChI is InChI=1S/C14H25N3O/c1-12(2)10-17(8-7-16(3)4)14-5-6-15-9-13(14)11-18/h5-6,9,12,18H,7-8,10-11H2,1-4H3. The molecular formula is C14H25N3O. The molecule has 4 nitrogen and oxygen atoms in total. The molecule has 0 bridgehead atoms. The summed E-state index contributed by atoms with van der Waals surface area (Å²) in [5.41, 5.74) is 2.00. The maximum Gasteiger partial charge on any atom is 0.0717 e. The van der Waals surface area contributed by atoms with Crippen LogP contribution in [0.5, 0.6) is 0 Å². The summed E-state index contributed by atoms with van der Waals surface area (Å²) >= 11 is 0. The van der Waals surface area contributed by atoms with Crippen molar-refractivity contribution in [3.63, 3.8) is 0 Å². The van der Waals surface area contributed by atoms with E-state index >= 15 is 0 Å². The largest absolute Gasteiger partial charge is 0.392 e. The lowest BCUT2D eigenvalue weighted by molar-refractivity contribution is 0.281. The van der Waals surface area contributed by atoms with Crippen molar-refractivity contribution in [3.05, 3.63) is 24.0 Å². The number of hydrogen-bond donors (Lipinski definition) is 1. The van der Waals surface area contributed by atoms with Gasteiger partial charge in [-0.25, -0.2) is 0 Å². The Kier molecular flexibility index (Phi) is 6.09. The molecule has 1 aromatic rings. The highest BCUT2D eigenvalue weighted by Crippen LogP contribution is 2.20. The second-order valence-electron chi connectivity index (χ2n) is 5.31. The molecule has 0 aliphatic heterocycles. The molecule has 0 radical (unpaired) electrons. The van der Waals surface area contributed by atoms with Crippen LogP contribution in [0.2, 0.25) is 0 Å². The predicted molar refractivity (Wildman–Crippen MR) is 75.8 cm³/mol. The van der Waals surface area contributed by atoms with Crippen LogP contribution in [0.4, 0.5) is 5.69 Å². The molecule has 1 N–H and O–H groups in total. The smallest absolute Gasteiger partial charge is 0.0717 e. The molecule has 0 atom stereocenters. The van der Waals surface area contributed by atoms with Crippen LogP contribution in [0.25, 0.3) is 0 Å². The second kappa shape index (κ2) is 7.34. The minimum Gasteiger partial charge on any atom is -0.392 e. The van der Waals surface area contributed by atoms with E-state index < -0.39 is 0 Å². The van der Waals surface area contributed by atoms with Crippen LogP contribution in [-0.2, 0) is 6.61 Å². The van der Waals surface area contributed by atoms with Gasteiger partial charge in [0, 0.05) is 43.3 Å². The third kappa shape index (κ3) is 4.63. The molecule has 0 fully saturated rings. The van der Waals surface area contributed by atoms with Gasteiger partial charge in [-0.3, -0.25) is 4.98 Å². The fraction of sp³-hybridized carbons (Fsp3) is 0.643. The highest BCUT2D eigenvalue weighted by molar-refractivity contribution is 5.52. The van der Waals surface area contributed by atoms with Crippen molar-refractivity contribution in [2.75, 3.05) is 38.6 Å². The summed E-state index contributed by atoms with van der Waals surface area (Å²) in [6, 6.07) is 1.99. The molecule has 18 heavy (non-hydrogen) atoms. The maximum absolute atomic E-state index is 9.40. The number of anilines is 1. The second-order valence-corrected chi connectivity index (χ2v) is 5.31. The zero-order valence-electron chi connectivity index (χ0n) is 11.9. The van der Waals surface area contributed by atoms with E-state index in [0.717, 1.165) is 30.9 Å². The Morgan fingerprint density at radius 3 is 2.56 bits per heavy atom. The summed E-state index contributed by atoms with van der Waals surface area (Å²) < 4.78 is 0. The van der Waals surface area contributed by atoms with Gasteiger partial charge in [-0.1, -0.05) is 13.8 Å². The molecule has 0 saturated carbocycles. The van der Waals surface area contributed by atoms with Crippen molar-refractivity contribution in [3.8, 4) is 0 Å². The topological polar surface area (TPSA) is 39.6 Å². The number of aliphatic hydroxyl groups excluding tert-OH is 1. The van der Waals surface area contributed by atoms with Crippen molar-refractivity contribution in [1.82, 2.24) is 9.88 Å². The predicted octanol–water partition coefficient (Wildman–Crippen LogP) is 1.60. The van der Waals surface area contributed by atoms with Crippen LogP contribution in [-0.4, -0.2) is 48.7 Å². The SMILES string of the molecule is CC(C)CN(CCN(C)C)c1ccncc1CO. The quantitative estimate of drug-likeness (QED) is 0.799. The molecule has 0 aromatic carbocycles. The number of aliphatic hydroxyl groups is 1. The van der Waals surface area contributed by atoms with Crippen LogP contribution >= 0.6 is 0 Å². The van der Waals surface area contributed by atoms with Crippen molar-refractivity contribution in [2.45, 2.75) is 20.5 Å². The lowest BCUT2D eigenvalue weighted by Crippen LogP contribution is -2.35. The Labute approximate surface area is 110 Å². The van der Waals surface area contributed by atoms with Gasteiger partial charge in [0.05, 0.1) is 6.61 Å². The molecule has 0 spiro atoms. The summed E-state index contributed by atoms with van der Waals surface area (Å²) in [4.78, 5) is 8.58. The molecule has 0 saturated heterocycles. The first-order chi connectivity index (χ1) is 8.54. The normalized spacial score (nSPS) is 11.3. The molecule has 1 rings (SSSR count). The summed E-state index contributed by atoms with van der Waals surface area (Å²) in [5, 5.41) is 9.40. The van der Waals surface area contributed by atoms with Crippen molar-refractivity contribution < 1.29 is 5.11 Å². The lowest BCUT2D eigenvalue weighted by Gasteiger charge is -2.29. The van der Waals surface area contributed by atoms with E-state index in [9.17, 15) is 5.11 Å². The number of nitrogens with zero attached hydrogens (tertiary/aromatic N) is 3. The van der Waals surface area contributed by atoms with Gasteiger partial charge >= 0.3 is 0 Å². The van der Waals surface area contributed by atoms with Gasteiger partial charge in [0.25, 0.3) is 0 Å². The van der Waals surface area contributed by atoms with Crippen LogP contribution < -0.4 is 4.90 Å². The van der Waals surface area contributed by atoms with Gasteiger partial charge in [-0.15, -0.1) is 0 Å². The minimum absolute atomic E-state index is 0.0414. The monoisotopic (exact) mass is 251 g/mol. The Morgan fingerprint density at radius 2 is 2.00 bits per heavy atom. The number of pyridine rings is 1. The molecule has 0 unspecified atom stereocenters. The van der Waals surface area contributed by atoms with Gasteiger partial charge in [0.15, 0.2) is 0 Å². The maximum atomic E-state index is 9.40. The summed E-state index contributed by atoms with van der Waals surface area (Å²) in [6.45, 7) is 7.41. The van der Waals surface area contributed by atoms with Gasteiger partial charge in [0.1, 0.15) is 0 Å². The highest BCUT2D eigenvalue weighted by Gasteiger charge is 2.12. The molecule has 102 valence electrons. The van der Waals surface area contributed by atoms with E-state index in [2.05, 4.69) is 42.7 Å². The third-order valence-corrected chi connectivity index (χ3v) is 2.79. The van der Waals surface area contributed by atoms with Crippen LogP contribution in [0.15, 0.2) is 18.5 Å². The highest BCUT2D eigenvalue weighted by atomic mass is 16.3. The van der Waals surface area contributed by atoms with Gasteiger partial charge in [-0.2, -0.15) is 0 Å². The fourth-order valence-corrected chi connectivity index (χ4v) is 1.92. The van der Waals surface area contributed by atoms with E-state index in [1.54, 1.807) is 12.4 Å². The number of likely N-dealkylation sites (N-methyl/N-ethyl adjacent to an activating group) is 1. The van der Waals surface area contributed by atoms with Gasteiger partial charge in [0.2, 0.25) is 0 Å². The fourth-order valence-electron chi connectivity index (χ4n) is 1.92. The van der Waals surface area contributed by atoms with Crippen molar-refractivity contribution >= 4 is 5.69 Å². The van der Waals surface area contributed by atoms with E-state index in [1.807, 2.05) is 6.07 Å². The van der Waals surface area contributed by atoms with E-state index in [4.69, 9.17) is 0 Å². The van der Waals surface area contributed by atoms with Crippen LogP contribution in [0, 0.1) is 5.92 Å². The Morgan fingerprint density at radius 1 is 1.28 bits per heavy atom. The first-order valence-corrected chi connectivity index (χ1v) is 6.48. The van der Waals surface area contributed by atoms with E-state index in [-0.39, 0.29) is 6.61 Å². The van der Waals surface area contributed by atoms with Crippen molar-refractivity contribution in [1.29, 1.82) is 0 Å². The number of hydrogen-bond acceptors (Lipinski definition) is 4. The van der Waals surface area contributed by atoms with Gasteiger partial charge in [-0.05, 0) is 26.1 Å². The first-order valence-electron chi connectivity index (χ1n) is 6.48. The summed E-state index contributed by atoms with van der Waals surface area (Å²) in [5.74, 6) is 0.590. The zero-order chi connectivity index (χ0) is 13.5. The zero-order valence-corrected chi connectivity index (χ0v) is 11.9. The van der Waals surface area contributed by atoms with Gasteiger partial charge < -0.3 is 14.9 Å². The van der Waals surface area contributed by atoms with E-state index in [1.165, 1.54) is 0 Å². The first kappa shape index (κ1) is 14.9. The average molecular weight is 251 g/mol. The molecule has 4 heteroatoms. The molecular weight excluding hydrogens is 226 g/mol. The molecule has 0 aliphatic rings. The average Bonchev–Trinajstić information content (AvgIpc) is 2.33. The minimum atomic E-state index is 0.0414. The number of rotatable bonds is 7. The Bertz CT molecular complexity index is 353. The molecule has 1 heterocycles.